The fourth-order valence-electron chi connectivity index (χ4n) is 1.96. The van der Waals surface area contributed by atoms with Crippen LogP contribution in [-0.4, -0.2) is 23.0 Å². The summed E-state index contributed by atoms with van der Waals surface area (Å²) in [5.41, 5.74) is 1.86. The van der Waals surface area contributed by atoms with Gasteiger partial charge < -0.3 is 5.32 Å². The van der Waals surface area contributed by atoms with Gasteiger partial charge in [-0.05, 0) is 34.1 Å². The summed E-state index contributed by atoms with van der Waals surface area (Å²) in [6.45, 7) is 1.03. The van der Waals surface area contributed by atoms with Gasteiger partial charge in [-0.25, -0.2) is 9.37 Å². The molecule has 0 spiro atoms. The van der Waals surface area contributed by atoms with Crippen molar-refractivity contribution in [1.82, 2.24) is 10.3 Å². The number of nitrogens with zero attached hydrogens (tertiary/aromatic N) is 1. The van der Waals surface area contributed by atoms with Crippen molar-refractivity contribution in [3.05, 3.63) is 38.9 Å². The summed E-state index contributed by atoms with van der Waals surface area (Å²) in [6.07, 6.45) is 0. The molecule has 1 N–H and O–H groups in total. The van der Waals surface area contributed by atoms with Crippen molar-refractivity contribution >= 4 is 39.0 Å². The van der Waals surface area contributed by atoms with Gasteiger partial charge in [0.05, 0.1) is 16.2 Å². The Bertz CT molecular complexity index is 582. The molecule has 2 nitrogen and oxygen atoms in total. The summed E-state index contributed by atoms with van der Waals surface area (Å²) < 4.78 is 13.7. The molecule has 6 heteroatoms. The molecule has 2 heterocycles. The normalized spacial score (nSPS) is 19.6. The fourth-order valence-corrected chi connectivity index (χ4v) is 4.29. The molecule has 1 aliphatic heterocycles. The second-order valence-electron chi connectivity index (χ2n) is 4.28. The molecule has 0 radical (unpaired) electrons. The van der Waals surface area contributed by atoms with Gasteiger partial charge in [-0.15, -0.1) is 11.3 Å². The summed E-state index contributed by atoms with van der Waals surface area (Å²) in [4.78, 5) is 4.67. The molecule has 1 aromatic carbocycles. The average molecular weight is 359 g/mol. The Kier molecular flexibility index (Phi) is 4.21. The third-order valence-electron chi connectivity index (χ3n) is 2.96. The molecule has 0 bridgehead atoms. The third kappa shape index (κ3) is 3.02. The number of nitrogens with one attached hydrogen (secondary N) is 1. The van der Waals surface area contributed by atoms with Crippen LogP contribution in [0.5, 0.6) is 0 Å². The minimum absolute atomic E-state index is 0.246. The van der Waals surface area contributed by atoms with Crippen molar-refractivity contribution in [2.45, 2.75) is 6.04 Å². The minimum atomic E-state index is -0.246. The highest BCUT2D eigenvalue weighted by Gasteiger charge is 2.18. The van der Waals surface area contributed by atoms with Crippen LogP contribution in [0.3, 0.4) is 0 Å². The fraction of sp³-hybridized carbons (Fsp3) is 0.308. The molecule has 0 saturated carbocycles. The van der Waals surface area contributed by atoms with Gasteiger partial charge in [-0.2, -0.15) is 11.8 Å². The van der Waals surface area contributed by atoms with E-state index < -0.39 is 0 Å². The Balaban J connectivity index is 1.85. The van der Waals surface area contributed by atoms with Crippen LogP contribution < -0.4 is 5.32 Å². The van der Waals surface area contributed by atoms with E-state index in [0.29, 0.717) is 10.5 Å². The molecule has 1 fully saturated rings. The van der Waals surface area contributed by atoms with Crippen molar-refractivity contribution in [1.29, 1.82) is 0 Å². The van der Waals surface area contributed by atoms with Crippen LogP contribution in [-0.2, 0) is 0 Å². The quantitative estimate of drug-likeness (QED) is 0.874. The molecular weight excluding hydrogens is 347 g/mol. The Hall–Kier alpha value is -0.430. The first-order chi connectivity index (χ1) is 9.24. The number of aromatic nitrogens is 1. The topological polar surface area (TPSA) is 24.9 Å². The van der Waals surface area contributed by atoms with Crippen molar-refractivity contribution in [2.24, 2.45) is 0 Å². The maximum atomic E-state index is 13.2. The lowest BCUT2D eigenvalue weighted by molar-refractivity contribution is 0.592. The van der Waals surface area contributed by atoms with Gasteiger partial charge >= 0.3 is 0 Å². The van der Waals surface area contributed by atoms with Crippen molar-refractivity contribution in [2.75, 3.05) is 18.1 Å². The molecule has 1 atom stereocenters. The van der Waals surface area contributed by atoms with E-state index in [1.165, 1.54) is 11.8 Å². The van der Waals surface area contributed by atoms with Gasteiger partial charge in [0.1, 0.15) is 10.8 Å². The summed E-state index contributed by atoms with van der Waals surface area (Å²) in [6, 6.07) is 5.35. The highest BCUT2D eigenvalue weighted by atomic mass is 79.9. The lowest BCUT2D eigenvalue weighted by atomic mass is 10.2. The largest absolute Gasteiger partial charge is 0.306 e. The van der Waals surface area contributed by atoms with Crippen LogP contribution in [0.25, 0.3) is 11.3 Å². The zero-order chi connectivity index (χ0) is 13.2. The minimum Gasteiger partial charge on any atom is -0.306 e. The van der Waals surface area contributed by atoms with Crippen LogP contribution >= 0.6 is 39.0 Å². The Morgan fingerprint density at radius 2 is 2.32 bits per heavy atom. The average Bonchev–Trinajstić information content (AvgIpc) is 2.93. The third-order valence-corrected chi connectivity index (χ3v) is 5.59. The van der Waals surface area contributed by atoms with E-state index in [1.54, 1.807) is 23.5 Å². The predicted octanol–water partition coefficient (Wildman–Crippen LogP) is 4.09. The number of benzene rings is 1. The second kappa shape index (κ2) is 5.91. The van der Waals surface area contributed by atoms with E-state index in [0.717, 1.165) is 28.6 Å². The van der Waals surface area contributed by atoms with E-state index in [2.05, 4.69) is 26.2 Å². The highest BCUT2D eigenvalue weighted by Crippen LogP contribution is 2.30. The van der Waals surface area contributed by atoms with Gasteiger partial charge in [0.25, 0.3) is 0 Å². The molecule has 1 unspecified atom stereocenters. The summed E-state index contributed by atoms with van der Waals surface area (Å²) in [5, 5.41) is 6.63. The van der Waals surface area contributed by atoms with E-state index in [9.17, 15) is 4.39 Å². The summed E-state index contributed by atoms with van der Waals surface area (Å²) in [7, 11) is 0. The number of thiazole rings is 1. The standard InChI is InChI=1S/C13H12BrFN2S2/c14-9-5-8(1-2-10(9)15)11-7-19-13(17-11)12-6-18-4-3-16-12/h1-2,5,7,12,16H,3-4,6H2. The Morgan fingerprint density at radius 1 is 1.42 bits per heavy atom. The molecule has 3 rings (SSSR count). The number of halogens is 2. The maximum absolute atomic E-state index is 13.2. The van der Waals surface area contributed by atoms with Gasteiger partial charge in [0.15, 0.2) is 0 Å². The van der Waals surface area contributed by atoms with E-state index in [-0.39, 0.29) is 5.82 Å². The van der Waals surface area contributed by atoms with Crippen molar-refractivity contribution < 1.29 is 4.39 Å². The molecule has 0 amide bonds. The van der Waals surface area contributed by atoms with E-state index in [4.69, 9.17) is 0 Å². The first-order valence-electron chi connectivity index (χ1n) is 5.96. The van der Waals surface area contributed by atoms with Gasteiger partial charge in [-0.3, -0.25) is 0 Å². The summed E-state index contributed by atoms with van der Waals surface area (Å²) >= 11 is 6.83. The Morgan fingerprint density at radius 3 is 3.05 bits per heavy atom. The zero-order valence-electron chi connectivity index (χ0n) is 10.0. The number of rotatable bonds is 2. The molecule has 1 aromatic heterocycles. The monoisotopic (exact) mass is 358 g/mol. The lowest BCUT2D eigenvalue weighted by Crippen LogP contribution is -2.30. The van der Waals surface area contributed by atoms with Crippen molar-refractivity contribution in [3.63, 3.8) is 0 Å². The number of hydrogen-bond acceptors (Lipinski definition) is 4. The molecule has 1 saturated heterocycles. The maximum Gasteiger partial charge on any atom is 0.137 e. The second-order valence-corrected chi connectivity index (χ2v) is 7.18. The Labute approximate surface area is 128 Å². The van der Waals surface area contributed by atoms with Crippen LogP contribution in [0.15, 0.2) is 28.1 Å². The van der Waals surface area contributed by atoms with E-state index >= 15 is 0 Å². The molecule has 0 aliphatic carbocycles. The zero-order valence-corrected chi connectivity index (χ0v) is 13.2. The SMILES string of the molecule is Fc1ccc(-c2csc(C3CSCCN3)n2)cc1Br. The molecule has 19 heavy (non-hydrogen) atoms. The van der Waals surface area contributed by atoms with Crippen LogP contribution in [0.1, 0.15) is 11.0 Å². The predicted molar refractivity (Wildman–Crippen MR) is 83.3 cm³/mol. The lowest BCUT2D eigenvalue weighted by Gasteiger charge is -2.20. The molecule has 1 aliphatic rings. The van der Waals surface area contributed by atoms with Crippen molar-refractivity contribution in [3.8, 4) is 11.3 Å². The van der Waals surface area contributed by atoms with E-state index in [1.807, 2.05) is 17.1 Å². The smallest absolute Gasteiger partial charge is 0.137 e. The number of hydrogen-bond donors (Lipinski definition) is 1. The van der Waals surface area contributed by atoms with Gasteiger partial charge in [0, 0.05) is 29.0 Å². The molecule has 100 valence electrons. The molecule has 2 aromatic rings. The summed E-state index contributed by atoms with van der Waals surface area (Å²) in [5.74, 6) is 1.99. The molecular formula is C13H12BrFN2S2. The highest BCUT2D eigenvalue weighted by molar-refractivity contribution is 9.10. The first-order valence-corrected chi connectivity index (χ1v) is 8.79. The van der Waals surface area contributed by atoms with Gasteiger partial charge in [0.2, 0.25) is 0 Å². The number of thioether (sulfide) groups is 1. The van der Waals surface area contributed by atoms with Gasteiger partial charge in [-0.1, -0.05) is 0 Å². The van der Waals surface area contributed by atoms with Crippen LogP contribution in [0.4, 0.5) is 4.39 Å². The van der Waals surface area contributed by atoms with Crippen LogP contribution in [0.2, 0.25) is 0 Å². The van der Waals surface area contributed by atoms with Crippen LogP contribution in [0, 0.1) is 5.82 Å². The first kappa shape index (κ1) is 13.5.